The summed E-state index contributed by atoms with van der Waals surface area (Å²) in [5, 5.41) is 0. The van der Waals surface area contributed by atoms with Crippen molar-refractivity contribution in [3.8, 4) is 0 Å². The zero-order valence-electron chi connectivity index (χ0n) is 12.1. The van der Waals surface area contributed by atoms with Gasteiger partial charge in [-0.3, -0.25) is 10.2 Å². The molecule has 1 aromatic rings. The smallest absolute Gasteiger partial charge is 0.242 e. The molecule has 0 aromatic heterocycles. The Kier molecular flexibility index (Phi) is 6.53. The van der Waals surface area contributed by atoms with Crippen molar-refractivity contribution in [2.24, 2.45) is 11.8 Å². The van der Waals surface area contributed by atoms with Gasteiger partial charge in [-0.2, -0.15) is 0 Å². The van der Waals surface area contributed by atoms with Gasteiger partial charge in [0.15, 0.2) is 0 Å². The molecule has 4 heteroatoms. The van der Waals surface area contributed by atoms with E-state index in [4.69, 9.17) is 5.84 Å². The lowest BCUT2D eigenvalue weighted by atomic mass is 9.97. The highest BCUT2D eigenvalue weighted by atomic mass is 16.2. The lowest BCUT2D eigenvalue weighted by Crippen LogP contribution is -2.39. The van der Waals surface area contributed by atoms with Crippen LogP contribution in [0.5, 0.6) is 0 Å². The molecule has 1 unspecified atom stereocenters. The molecule has 0 radical (unpaired) electrons. The standard InChI is InChI=1S/C15H25N3O/c1-12(2)9-10-18(3)11-14(15(19)17-16)13-7-5-4-6-8-13/h4-8,12,14H,9-11,16H2,1-3H3,(H,17,19). The molecule has 1 rings (SSSR count). The molecule has 19 heavy (non-hydrogen) atoms. The van der Waals surface area contributed by atoms with Crippen LogP contribution in [0.3, 0.4) is 0 Å². The summed E-state index contributed by atoms with van der Waals surface area (Å²) < 4.78 is 0. The van der Waals surface area contributed by atoms with E-state index in [9.17, 15) is 4.79 Å². The number of hydrogen-bond donors (Lipinski definition) is 2. The fourth-order valence-corrected chi connectivity index (χ4v) is 2.01. The van der Waals surface area contributed by atoms with Crippen molar-refractivity contribution in [3.63, 3.8) is 0 Å². The predicted octanol–water partition coefficient (Wildman–Crippen LogP) is 1.74. The van der Waals surface area contributed by atoms with Gasteiger partial charge in [0, 0.05) is 6.54 Å². The van der Waals surface area contributed by atoms with Crippen LogP contribution in [0.1, 0.15) is 31.7 Å². The zero-order chi connectivity index (χ0) is 14.3. The van der Waals surface area contributed by atoms with Crippen LogP contribution in [-0.2, 0) is 4.79 Å². The van der Waals surface area contributed by atoms with Gasteiger partial charge in [0.2, 0.25) is 5.91 Å². The normalized spacial score (nSPS) is 12.7. The maximum Gasteiger partial charge on any atom is 0.242 e. The van der Waals surface area contributed by atoms with Crippen LogP contribution in [0, 0.1) is 5.92 Å². The molecule has 0 aliphatic carbocycles. The number of nitrogens with zero attached hydrogens (tertiary/aromatic N) is 1. The lowest BCUT2D eigenvalue weighted by Gasteiger charge is -2.23. The van der Waals surface area contributed by atoms with Crippen molar-refractivity contribution in [3.05, 3.63) is 35.9 Å². The molecular weight excluding hydrogens is 238 g/mol. The predicted molar refractivity (Wildman–Crippen MR) is 78.5 cm³/mol. The number of rotatable bonds is 7. The van der Waals surface area contributed by atoms with Gasteiger partial charge in [0.1, 0.15) is 0 Å². The zero-order valence-corrected chi connectivity index (χ0v) is 12.1. The van der Waals surface area contributed by atoms with Crippen molar-refractivity contribution < 1.29 is 4.79 Å². The Labute approximate surface area is 115 Å². The second-order valence-electron chi connectivity index (χ2n) is 5.42. The van der Waals surface area contributed by atoms with E-state index in [-0.39, 0.29) is 11.8 Å². The topological polar surface area (TPSA) is 58.4 Å². The van der Waals surface area contributed by atoms with E-state index in [1.165, 1.54) is 0 Å². The molecule has 0 aliphatic rings. The maximum atomic E-state index is 11.9. The van der Waals surface area contributed by atoms with Gasteiger partial charge in [0.05, 0.1) is 5.92 Å². The number of hydrogen-bond acceptors (Lipinski definition) is 3. The highest BCUT2D eigenvalue weighted by molar-refractivity contribution is 5.83. The molecule has 106 valence electrons. The number of carbonyl (C=O) groups is 1. The Bertz CT molecular complexity index is 378. The molecule has 0 fully saturated rings. The van der Waals surface area contributed by atoms with E-state index in [1.807, 2.05) is 37.4 Å². The Balaban J connectivity index is 2.68. The third-order valence-corrected chi connectivity index (χ3v) is 3.24. The Morgan fingerprint density at radius 2 is 1.95 bits per heavy atom. The molecular formula is C15H25N3O. The first-order valence-electron chi connectivity index (χ1n) is 6.78. The van der Waals surface area contributed by atoms with Crippen LogP contribution < -0.4 is 11.3 Å². The quantitative estimate of drug-likeness (QED) is 0.447. The fraction of sp³-hybridized carbons (Fsp3) is 0.533. The van der Waals surface area contributed by atoms with Crippen LogP contribution in [0.4, 0.5) is 0 Å². The van der Waals surface area contributed by atoms with Crippen molar-refractivity contribution in [1.29, 1.82) is 0 Å². The van der Waals surface area contributed by atoms with Gasteiger partial charge in [-0.05, 0) is 31.5 Å². The first kappa shape index (κ1) is 15.7. The molecule has 1 atom stereocenters. The third-order valence-electron chi connectivity index (χ3n) is 3.24. The summed E-state index contributed by atoms with van der Waals surface area (Å²) in [6.45, 7) is 6.07. The first-order chi connectivity index (χ1) is 9.04. The molecule has 0 saturated carbocycles. The molecule has 0 saturated heterocycles. The van der Waals surface area contributed by atoms with E-state index in [0.29, 0.717) is 12.5 Å². The molecule has 0 aliphatic heterocycles. The summed E-state index contributed by atoms with van der Waals surface area (Å²) >= 11 is 0. The SMILES string of the molecule is CC(C)CCN(C)CC(C(=O)NN)c1ccccc1. The third kappa shape index (κ3) is 5.41. The number of nitrogens with two attached hydrogens (primary N) is 1. The van der Waals surface area contributed by atoms with Crippen molar-refractivity contribution in [1.82, 2.24) is 10.3 Å². The van der Waals surface area contributed by atoms with Crippen molar-refractivity contribution in [2.45, 2.75) is 26.2 Å². The summed E-state index contributed by atoms with van der Waals surface area (Å²) in [7, 11) is 2.04. The molecule has 0 bridgehead atoms. The minimum absolute atomic E-state index is 0.136. The minimum atomic E-state index is -0.219. The minimum Gasteiger partial charge on any atom is -0.305 e. The number of likely N-dealkylation sites (N-methyl/N-ethyl adjacent to an activating group) is 1. The van der Waals surface area contributed by atoms with Crippen LogP contribution in [0.25, 0.3) is 0 Å². The Hall–Kier alpha value is -1.39. The van der Waals surface area contributed by atoms with Gasteiger partial charge in [-0.1, -0.05) is 44.2 Å². The van der Waals surface area contributed by atoms with Gasteiger partial charge >= 0.3 is 0 Å². The largest absolute Gasteiger partial charge is 0.305 e. The number of carbonyl (C=O) groups excluding carboxylic acids is 1. The van der Waals surface area contributed by atoms with Crippen LogP contribution in [0.2, 0.25) is 0 Å². The average Bonchev–Trinajstić information content (AvgIpc) is 2.42. The highest BCUT2D eigenvalue weighted by Gasteiger charge is 2.21. The first-order valence-corrected chi connectivity index (χ1v) is 6.78. The highest BCUT2D eigenvalue weighted by Crippen LogP contribution is 2.17. The van der Waals surface area contributed by atoms with Crippen molar-refractivity contribution >= 4 is 5.91 Å². The number of nitrogens with one attached hydrogen (secondary N) is 1. The van der Waals surface area contributed by atoms with E-state index in [0.717, 1.165) is 18.5 Å². The maximum absolute atomic E-state index is 11.9. The van der Waals surface area contributed by atoms with E-state index < -0.39 is 0 Å². The van der Waals surface area contributed by atoms with Gasteiger partial charge < -0.3 is 4.90 Å². The van der Waals surface area contributed by atoms with E-state index >= 15 is 0 Å². The van der Waals surface area contributed by atoms with Gasteiger partial charge in [-0.15, -0.1) is 0 Å². The number of amides is 1. The summed E-state index contributed by atoms with van der Waals surface area (Å²) in [5.41, 5.74) is 3.27. The lowest BCUT2D eigenvalue weighted by molar-refractivity contribution is -0.123. The summed E-state index contributed by atoms with van der Waals surface area (Å²) in [5.74, 6) is 5.60. The Morgan fingerprint density at radius 1 is 1.32 bits per heavy atom. The van der Waals surface area contributed by atoms with Crippen LogP contribution in [-0.4, -0.2) is 30.9 Å². The molecule has 3 N–H and O–H groups in total. The summed E-state index contributed by atoms with van der Waals surface area (Å²) in [6.07, 6.45) is 1.13. The fourth-order valence-electron chi connectivity index (χ4n) is 2.01. The van der Waals surface area contributed by atoms with Crippen molar-refractivity contribution in [2.75, 3.05) is 20.1 Å². The second-order valence-corrected chi connectivity index (χ2v) is 5.42. The molecule has 1 amide bonds. The summed E-state index contributed by atoms with van der Waals surface area (Å²) in [4.78, 5) is 14.1. The monoisotopic (exact) mass is 263 g/mol. The Morgan fingerprint density at radius 3 is 2.47 bits per heavy atom. The van der Waals surface area contributed by atoms with E-state index in [1.54, 1.807) is 0 Å². The van der Waals surface area contributed by atoms with E-state index in [2.05, 4.69) is 24.2 Å². The molecule has 1 aromatic carbocycles. The average molecular weight is 263 g/mol. The van der Waals surface area contributed by atoms with Gasteiger partial charge in [-0.25, -0.2) is 5.84 Å². The summed E-state index contributed by atoms with van der Waals surface area (Å²) in [6, 6.07) is 9.77. The molecule has 4 nitrogen and oxygen atoms in total. The van der Waals surface area contributed by atoms with Gasteiger partial charge in [0.25, 0.3) is 0 Å². The second kappa shape index (κ2) is 7.92. The molecule has 0 spiro atoms. The number of hydrazine groups is 1. The molecule has 0 heterocycles. The van der Waals surface area contributed by atoms with Crippen LogP contribution in [0.15, 0.2) is 30.3 Å². The van der Waals surface area contributed by atoms with Crippen LogP contribution >= 0.6 is 0 Å². The number of benzene rings is 1.